The van der Waals surface area contributed by atoms with Gasteiger partial charge in [-0.25, -0.2) is 14.4 Å². The quantitative estimate of drug-likeness (QED) is 0.0774. The number of carboxylic acid groups (broad SMARTS) is 2. The van der Waals surface area contributed by atoms with Crippen molar-refractivity contribution in [1.29, 1.82) is 0 Å². The minimum Gasteiger partial charge on any atom is -0.494 e. The second-order valence-corrected chi connectivity index (χ2v) is 13.7. The fourth-order valence-electron chi connectivity index (χ4n) is 5.79. The zero-order valence-corrected chi connectivity index (χ0v) is 34.4. The molecule has 17 nitrogen and oxygen atoms in total. The van der Waals surface area contributed by atoms with E-state index in [9.17, 15) is 14.4 Å². The number of carbonyl (C=O) groups excluding carboxylic acids is 1. The predicted octanol–water partition coefficient (Wildman–Crippen LogP) is 13.6. The molecule has 0 saturated carbocycles. The molecule has 6 rings (SSSR count). The van der Waals surface area contributed by atoms with E-state index in [2.05, 4.69) is 51.5 Å². The number of carbonyl (C=O) groups is 3. The first-order valence-corrected chi connectivity index (χ1v) is 18.8. The fraction of sp³-hybridized carbons (Fsp3) is 0.133. The standard InChI is InChI=1S/C45H40N10O7/c1-25-19-33(15-17-35(25)52-48-31-11-7-29(8-12-31)43(56)57)50-54-37-23-41(61-5)39(21-27(37)3)46-45(60)47-40-22-28(4)38(24-42(40)62-6)55-51-34-16-18-36(26(2)20-34)53-49-32-13-9-30(10-14-32)44(58)59/h7-24H,1-6H3,(H,56,57)(H,58,59)(H2,46,47,60). The lowest BCUT2D eigenvalue weighted by atomic mass is 10.1. The third-order valence-electron chi connectivity index (χ3n) is 9.21. The Kier molecular flexibility index (Phi) is 13.6. The summed E-state index contributed by atoms with van der Waals surface area (Å²) >= 11 is 0. The minimum atomic E-state index is -1.01. The van der Waals surface area contributed by atoms with Gasteiger partial charge in [-0.05, 0) is 147 Å². The first-order chi connectivity index (χ1) is 29.8. The molecule has 0 saturated heterocycles. The Morgan fingerprint density at radius 3 is 1.08 bits per heavy atom. The van der Waals surface area contributed by atoms with E-state index >= 15 is 0 Å². The van der Waals surface area contributed by atoms with Crippen LogP contribution in [0.15, 0.2) is 150 Å². The highest BCUT2D eigenvalue weighted by Crippen LogP contribution is 2.37. The maximum Gasteiger partial charge on any atom is 0.335 e. The predicted molar refractivity (Wildman–Crippen MR) is 234 cm³/mol. The van der Waals surface area contributed by atoms with Gasteiger partial charge < -0.3 is 30.3 Å². The molecule has 0 unspecified atom stereocenters. The highest BCUT2D eigenvalue weighted by Gasteiger charge is 2.15. The molecule has 0 fully saturated rings. The Morgan fingerprint density at radius 1 is 0.419 bits per heavy atom. The molecule has 0 aliphatic heterocycles. The number of anilines is 2. The van der Waals surface area contributed by atoms with E-state index in [0.29, 0.717) is 68.4 Å². The summed E-state index contributed by atoms with van der Waals surface area (Å²) in [5.41, 5.74) is 8.70. The minimum absolute atomic E-state index is 0.167. The van der Waals surface area contributed by atoms with Gasteiger partial charge in [0.15, 0.2) is 0 Å². The molecule has 0 aliphatic rings. The number of azo groups is 4. The molecule has 17 heteroatoms. The molecular weight excluding hydrogens is 793 g/mol. The summed E-state index contributed by atoms with van der Waals surface area (Å²) in [6.07, 6.45) is 0. The first kappa shape index (κ1) is 43.1. The number of methoxy groups -OCH3 is 2. The average Bonchev–Trinajstić information content (AvgIpc) is 3.25. The van der Waals surface area contributed by atoms with Gasteiger partial charge >= 0.3 is 18.0 Å². The third-order valence-corrected chi connectivity index (χ3v) is 9.21. The second kappa shape index (κ2) is 19.5. The van der Waals surface area contributed by atoms with Crippen molar-refractivity contribution in [1.82, 2.24) is 0 Å². The van der Waals surface area contributed by atoms with Crippen molar-refractivity contribution in [3.05, 3.63) is 143 Å². The summed E-state index contributed by atoms with van der Waals surface area (Å²) in [7, 11) is 2.97. The van der Waals surface area contributed by atoms with Crippen molar-refractivity contribution >= 4 is 74.8 Å². The summed E-state index contributed by atoms with van der Waals surface area (Å²) in [5, 5.41) is 58.4. The van der Waals surface area contributed by atoms with Gasteiger partial charge in [-0.1, -0.05) is 0 Å². The molecule has 0 spiro atoms. The third kappa shape index (κ3) is 11.0. The lowest BCUT2D eigenvalue weighted by Crippen LogP contribution is -2.20. The number of benzene rings is 6. The largest absolute Gasteiger partial charge is 0.494 e. The molecule has 0 radical (unpaired) electrons. The van der Waals surface area contributed by atoms with Crippen LogP contribution in [0, 0.1) is 27.7 Å². The molecule has 312 valence electrons. The summed E-state index contributed by atoms with van der Waals surface area (Å²) in [5.74, 6) is -1.30. The van der Waals surface area contributed by atoms with Crippen LogP contribution in [0.25, 0.3) is 0 Å². The van der Waals surface area contributed by atoms with Gasteiger partial charge in [0.2, 0.25) is 0 Å². The number of carboxylic acids is 2. The van der Waals surface area contributed by atoms with E-state index in [-0.39, 0.29) is 11.1 Å². The molecule has 0 aromatic heterocycles. The van der Waals surface area contributed by atoms with Crippen LogP contribution >= 0.6 is 0 Å². The van der Waals surface area contributed by atoms with Gasteiger partial charge in [0.05, 0.1) is 82.2 Å². The number of hydrogen-bond acceptors (Lipinski definition) is 13. The molecule has 0 heterocycles. The fourth-order valence-corrected chi connectivity index (χ4v) is 5.79. The van der Waals surface area contributed by atoms with Crippen LogP contribution < -0.4 is 20.1 Å². The van der Waals surface area contributed by atoms with Crippen molar-refractivity contribution in [3.63, 3.8) is 0 Å². The zero-order chi connectivity index (χ0) is 44.3. The average molecular weight is 833 g/mol. The van der Waals surface area contributed by atoms with E-state index in [1.165, 1.54) is 38.5 Å². The Hall–Kier alpha value is -8.47. The molecule has 6 aromatic carbocycles. The summed E-state index contributed by atoms with van der Waals surface area (Å²) in [6.45, 7) is 7.41. The van der Waals surface area contributed by atoms with E-state index in [1.54, 1.807) is 72.8 Å². The Morgan fingerprint density at radius 2 is 0.742 bits per heavy atom. The van der Waals surface area contributed by atoms with Crippen LogP contribution in [0.4, 0.5) is 61.7 Å². The summed E-state index contributed by atoms with van der Waals surface area (Å²) < 4.78 is 11.2. The number of aromatic carboxylic acids is 2. The highest BCUT2D eigenvalue weighted by molar-refractivity contribution is 6.02. The van der Waals surface area contributed by atoms with E-state index in [4.69, 9.17) is 19.7 Å². The molecule has 4 N–H and O–H groups in total. The van der Waals surface area contributed by atoms with Crippen molar-refractivity contribution in [2.45, 2.75) is 27.7 Å². The van der Waals surface area contributed by atoms with Crippen LogP contribution in [-0.2, 0) is 0 Å². The maximum absolute atomic E-state index is 13.3. The highest BCUT2D eigenvalue weighted by atomic mass is 16.5. The smallest absolute Gasteiger partial charge is 0.335 e. The van der Waals surface area contributed by atoms with Crippen molar-refractivity contribution in [3.8, 4) is 11.5 Å². The number of urea groups is 1. The van der Waals surface area contributed by atoms with Gasteiger partial charge in [-0.2, -0.15) is 40.9 Å². The lowest BCUT2D eigenvalue weighted by molar-refractivity contribution is 0.0686. The molecule has 62 heavy (non-hydrogen) atoms. The van der Waals surface area contributed by atoms with Gasteiger partial charge in [-0.3, -0.25) is 0 Å². The Bertz CT molecular complexity index is 2600. The van der Waals surface area contributed by atoms with E-state index in [1.807, 2.05) is 39.8 Å². The topological polar surface area (TPSA) is 233 Å². The zero-order valence-electron chi connectivity index (χ0n) is 34.4. The molecule has 0 atom stereocenters. The van der Waals surface area contributed by atoms with Gasteiger partial charge in [0.25, 0.3) is 0 Å². The molecule has 0 bridgehead atoms. The summed E-state index contributed by atoms with van der Waals surface area (Å²) in [6, 6.07) is 29.1. The van der Waals surface area contributed by atoms with Gasteiger partial charge in [0.1, 0.15) is 11.5 Å². The number of amides is 2. The first-order valence-electron chi connectivity index (χ1n) is 18.8. The van der Waals surface area contributed by atoms with E-state index in [0.717, 1.165) is 22.3 Å². The monoisotopic (exact) mass is 832 g/mol. The van der Waals surface area contributed by atoms with Gasteiger partial charge in [-0.15, -0.1) is 0 Å². The normalized spacial score (nSPS) is 11.5. The molecule has 0 aliphatic carbocycles. The summed E-state index contributed by atoms with van der Waals surface area (Å²) in [4.78, 5) is 35.5. The van der Waals surface area contributed by atoms with Crippen molar-refractivity contribution in [2.24, 2.45) is 40.9 Å². The molecule has 6 aromatic rings. The second-order valence-electron chi connectivity index (χ2n) is 13.7. The Labute approximate surface area is 355 Å². The number of nitrogens with zero attached hydrogens (tertiary/aromatic N) is 8. The van der Waals surface area contributed by atoms with Crippen LogP contribution in [0.3, 0.4) is 0 Å². The van der Waals surface area contributed by atoms with Crippen LogP contribution in [-0.4, -0.2) is 42.4 Å². The van der Waals surface area contributed by atoms with Crippen LogP contribution in [0.5, 0.6) is 11.5 Å². The van der Waals surface area contributed by atoms with Crippen LogP contribution in [0.2, 0.25) is 0 Å². The number of ether oxygens (including phenoxy) is 2. The molecule has 2 amide bonds. The number of rotatable bonds is 14. The molecular formula is C45H40N10O7. The van der Waals surface area contributed by atoms with Gasteiger partial charge in [0, 0.05) is 12.1 Å². The maximum atomic E-state index is 13.3. The van der Waals surface area contributed by atoms with Crippen LogP contribution in [0.1, 0.15) is 43.0 Å². The van der Waals surface area contributed by atoms with E-state index < -0.39 is 18.0 Å². The Balaban J connectivity index is 1.08. The van der Waals surface area contributed by atoms with Crippen molar-refractivity contribution < 1.29 is 34.1 Å². The van der Waals surface area contributed by atoms with Crippen molar-refractivity contribution in [2.75, 3.05) is 24.9 Å². The number of aryl methyl sites for hydroxylation is 4. The SMILES string of the molecule is COc1cc(N=Nc2ccc(N=Nc3ccc(C(=O)O)cc3)c(C)c2)c(C)cc1NC(=O)Nc1cc(C)c(N=Nc2ccc(N=Nc3ccc(C(=O)O)cc3)c(C)c2)cc1OC. The number of nitrogens with one attached hydrogen (secondary N) is 2. The number of hydrogen-bond donors (Lipinski definition) is 4. The lowest BCUT2D eigenvalue weighted by Gasteiger charge is -2.15.